The van der Waals surface area contributed by atoms with Crippen LogP contribution >= 0.6 is 11.6 Å². The molecule has 0 radical (unpaired) electrons. The average Bonchev–Trinajstić information content (AvgIpc) is 2.94. The molecule has 1 aliphatic heterocycles. The zero-order valence-electron chi connectivity index (χ0n) is 15.8. The number of anilines is 1. The summed E-state index contributed by atoms with van der Waals surface area (Å²) in [6, 6.07) is 2.37. The van der Waals surface area contributed by atoms with Crippen molar-refractivity contribution in [2.45, 2.75) is 39.0 Å². The minimum Gasteiger partial charge on any atom is -0.479 e. The highest BCUT2D eigenvalue weighted by Crippen LogP contribution is 2.42. The number of ether oxygens (including phenoxy) is 2. The standard InChI is InChI=1S/C21H23ClFNO4/c1-2-9-27-10-5-6-11-28-19-13-18(17(23)12-16(19)22)24-20(25)14-7-3-4-8-15(14)21(24)26/h12-15H,2-4,7-11H2,1H3. The van der Waals surface area contributed by atoms with E-state index in [2.05, 4.69) is 11.8 Å². The predicted octanol–water partition coefficient (Wildman–Crippen LogP) is 3.97. The van der Waals surface area contributed by atoms with E-state index in [0.717, 1.165) is 30.2 Å². The number of imide groups is 1. The normalized spacial score (nSPS) is 21.3. The van der Waals surface area contributed by atoms with Gasteiger partial charge in [0.1, 0.15) is 24.8 Å². The summed E-state index contributed by atoms with van der Waals surface area (Å²) in [6.45, 7) is 2.99. The van der Waals surface area contributed by atoms with Gasteiger partial charge in [0.05, 0.1) is 22.5 Å². The Kier molecular flexibility index (Phi) is 6.93. The van der Waals surface area contributed by atoms with Crippen LogP contribution in [0.25, 0.3) is 0 Å². The second-order valence-electron chi connectivity index (χ2n) is 6.94. The first-order valence-electron chi connectivity index (χ1n) is 9.57. The molecule has 28 heavy (non-hydrogen) atoms. The Morgan fingerprint density at radius 2 is 1.79 bits per heavy atom. The molecular formula is C21H23ClFNO4. The molecule has 0 aromatic heterocycles. The van der Waals surface area contributed by atoms with Crippen molar-refractivity contribution in [3.63, 3.8) is 0 Å². The molecule has 5 nitrogen and oxygen atoms in total. The third kappa shape index (κ3) is 4.31. The van der Waals surface area contributed by atoms with Gasteiger partial charge in [0.2, 0.25) is 11.8 Å². The summed E-state index contributed by atoms with van der Waals surface area (Å²) in [5.41, 5.74) is -0.108. The van der Waals surface area contributed by atoms with Crippen LogP contribution in [0.4, 0.5) is 10.1 Å². The van der Waals surface area contributed by atoms with E-state index >= 15 is 0 Å². The summed E-state index contributed by atoms with van der Waals surface area (Å²) in [5.74, 6) is 3.66. The van der Waals surface area contributed by atoms with Gasteiger partial charge in [-0.3, -0.25) is 9.59 Å². The van der Waals surface area contributed by atoms with E-state index in [0.29, 0.717) is 26.1 Å². The smallest absolute Gasteiger partial charge is 0.237 e. The lowest BCUT2D eigenvalue weighted by atomic mass is 9.81. The third-order valence-corrected chi connectivity index (χ3v) is 5.33. The highest BCUT2D eigenvalue weighted by atomic mass is 35.5. The summed E-state index contributed by atoms with van der Waals surface area (Å²) in [4.78, 5) is 26.4. The zero-order chi connectivity index (χ0) is 20.1. The lowest BCUT2D eigenvalue weighted by Gasteiger charge is -2.19. The molecule has 1 heterocycles. The van der Waals surface area contributed by atoms with Gasteiger partial charge in [0, 0.05) is 12.7 Å². The minimum atomic E-state index is -0.725. The Hall–Kier alpha value is -2.10. The van der Waals surface area contributed by atoms with Crippen LogP contribution in [0.1, 0.15) is 39.0 Å². The van der Waals surface area contributed by atoms with Gasteiger partial charge in [0.15, 0.2) is 0 Å². The van der Waals surface area contributed by atoms with Crippen LogP contribution in [0.3, 0.4) is 0 Å². The fourth-order valence-corrected chi connectivity index (χ4v) is 3.89. The van der Waals surface area contributed by atoms with Gasteiger partial charge in [-0.05, 0) is 25.3 Å². The zero-order valence-corrected chi connectivity index (χ0v) is 16.6. The number of nitrogens with zero attached hydrogens (tertiary/aromatic N) is 1. The lowest BCUT2D eigenvalue weighted by Crippen LogP contribution is -2.31. The van der Waals surface area contributed by atoms with E-state index in [4.69, 9.17) is 21.1 Å². The van der Waals surface area contributed by atoms with Crippen LogP contribution < -0.4 is 9.64 Å². The molecule has 1 aromatic carbocycles. The fourth-order valence-electron chi connectivity index (χ4n) is 3.68. The topological polar surface area (TPSA) is 55.8 Å². The van der Waals surface area contributed by atoms with Gasteiger partial charge in [-0.2, -0.15) is 0 Å². The van der Waals surface area contributed by atoms with Gasteiger partial charge in [-0.1, -0.05) is 43.2 Å². The molecule has 7 heteroatoms. The molecule has 1 saturated carbocycles. The molecule has 1 saturated heterocycles. The van der Waals surface area contributed by atoms with E-state index in [-0.39, 0.29) is 46.7 Å². The highest BCUT2D eigenvalue weighted by molar-refractivity contribution is 6.32. The molecule has 0 bridgehead atoms. The number of fused-ring (bicyclic) bond motifs is 1. The number of rotatable bonds is 6. The number of hydrogen-bond acceptors (Lipinski definition) is 4. The van der Waals surface area contributed by atoms with E-state index in [9.17, 15) is 14.0 Å². The first kappa shape index (κ1) is 20.6. The van der Waals surface area contributed by atoms with Crippen molar-refractivity contribution in [3.8, 4) is 17.6 Å². The number of halogens is 2. The minimum absolute atomic E-state index is 0.0351. The summed E-state index contributed by atoms with van der Waals surface area (Å²) in [5, 5.41) is 0.0572. The largest absolute Gasteiger partial charge is 0.479 e. The number of carbonyl (C=O) groups is 2. The molecule has 1 aromatic rings. The van der Waals surface area contributed by atoms with Crippen molar-refractivity contribution in [1.82, 2.24) is 0 Å². The Labute approximate surface area is 169 Å². The Morgan fingerprint density at radius 3 is 2.43 bits per heavy atom. The average molecular weight is 408 g/mol. The Morgan fingerprint density at radius 1 is 1.14 bits per heavy atom. The van der Waals surface area contributed by atoms with E-state index < -0.39 is 5.82 Å². The number of benzene rings is 1. The van der Waals surface area contributed by atoms with Crippen molar-refractivity contribution < 1.29 is 23.5 Å². The molecule has 0 spiro atoms. The summed E-state index contributed by atoms with van der Waals surface area (Å²) < 4.78 is 25.3. The van der Waals surface area contributed by atoms with Gasteiger partial charge in [-0.15, -0.1) is 0 Å². The first-order valence-corrected chi connectivity index (χ1v) is 9.95. The predicted molar refractivity (Wildman–Crippen MR) is 104 cm³/mol. The van der Waals surface area contributed by atoms with E-state index in [1.165, 1.54) is 6.07 Å². The molecule has 2 amide bonds. The van der Waals surface area contributed by atoms with Crippen molar-refractivity contribution in [2.75, 3.05) is 24.7 Å². The second kappa shape index (κ2) is 9.40. The first-order chi connectivity index (χ1) is 13.5. The maximum Gasteiger partial charge on any atom is 0.237 e. The third-order valence-electron chi connectivity index (χ3n) is 5.03. The summed E-state index contributed by atoms with van der Waals surface area (Å²) >= 11 is 6.06. The van der Waals surface area contributed by atoms with Gasteiger partial charge >= 0.3 is 0 Å². The maximum atomic E-state index is 14.5. The number of hydrogen-bond donors (Lipinski definition) is 0. The van der Waals surface area contributed by atoms with E-state index in [1.54, 1.807) is 0 Å². The van der Waals surface area contributed by atoms with Crippen LogP contribution in [0, 0.1) is 29.5 Å². The molecule has 3 rings (SSSR count). The molecule has 2 aliphatic rings. The number of amides is 2. The molecule has 0 N–H and O–H groups in total. The Bertz CT molecular complexity index is 793. The quantitative estimate of drug-likeness (QED) is 0.407. The van der Waals surface area contributed by atoms with Crippen molar-refractivity contribution in [2.24, 2.45) is 11.8 Å². The Balaban J connectivity index is 1.74. The molecule has 2 atom stereocenters. The van der Waals surface area contributed by atoms with Crippen LogP contribution in [0.5, 0.6) is 5.75 Å². The molecule has 2 unspecified atom stereocenters. The van der Waals surface area contributed by atoms with Gasteiger partial charge < -0.3 is 9.47 Å². The highest BCUT2D eigenvalue weighted by Gasteiger charge is 2.49. The van der Waals surface area contributed by atoms with Crippen molar-refractivity contribution >= 4 is 29.1 Å². The monoisotopic (exact) mass is 407 g/mol. The molecule has 150 valence electrons. The maximum absolute atomic E-state index is 14.5. The molecule has 1 aliphatic carbocycles. The van der Waals surface area contributed by atoms with Crippen LogP contribution in [0.2, 0.25) is 5.02 Å². The fraction of sp³-hybridized carbons (Fsp3) is 0.524. The van der Waals surface area contributed by atoms with Crippen LogP contribution in [-0.2, 0) is 14.3 Å². The summed E-state index contributed by atoms with van der Waals surface area (Å²) in [6.07, 6.45) is 4.07. The second-order valence-corrected chi connectivity index (χ2v) is 7.35. The summed E-state index contributed by atoms with van der Waals surface area (Å²) in [7, 11) is 0. The van der Waals surface area contributed by atoms with Crippen LogP contribution in [-0.4, -0.2) is 31.6 Å². The molecular weight excluding hydrogens is 385 g/mol. The number of carbonyl (C=O) groups excluding carboxylic acids is 2. The van der Waals surface area contributed by atoms with Gasteiger partial charge in [-0.25, -0.2) is 9.29 Å². The SMILES string of the molecule is CCCOCC#CCOc1cc(N2C(=O)C3CCCCC3C2=O)c(F)cc1Cl. The van der Waals surface area contributed by atoms with Crippen molar-refractivity contribution in [3.05, 3.63) is 23.0 Å². The van der Waals surface area contributed by atoms with Crippen molar-refractivity contribution in [1.29, 1.82) is 0 Å². The van der Waals surface area contributed by atoms with E-state index in [1.807, 2.05) is 6.92 Å². The van der Waals surface area contributed by atoms with Gasteiger partial charge in [0.25, 0.3) is 0 Å². The lowest BCUT2D eigenvalue weighted by molar-refractivity contribution is -0.122. The molecule has 2 fully saturated rings. The van der Waals surface area contributed by atoms with Crippen LogP contribution in [0.15, 0.2) is 12.1 Å².